The molecule has 0 N–H and O–H groups in total. The van der Waals surface area contributed by atoms with Crippen molar-refractivity contribution in [2.45, 2.75) is 40.2 Å². The van der Waals surface area contributed by atoms with Crippen LogP contribution in [0.25, 0.3) is 0 Å². The molecule has 2 heteroatoms. The van der Waals surface area contributed by atoms with Gasteiger partial charge in [0, 0.05) is 19.3 Å². The molecule has 1 heterocycles. The molecular weight excluding hydrogens is 244 g/mol. The zero-order chi connectivity index (χ0) is 14.4. The first kappa shape index (κ1) is 14.6. The SMILES string of the molecule is CCCCN(Cc1ccc(C)cc1)c1ccc(C)cn1. The number of rotatable bonds is 6. The van der Waals surface area contributed by atoms with Crippen LogP contribution in [0.5, 0.6) is 0 Å². The minimum absolute atomic E-state index is 0.927. The van der Waals surface area contributed by atoms with Gasteiger partial charge in [-0.15, -0.1) is 0 Å². The van der Waals surface area contributed by atoms with E-state index in [0.717, 1.165) is 18.9 Å². The molecule has 2 aromatic rings. The van der Waals surface area contributed by atoms with Crippen molar-refractivity contribution in [1.82, 2.24) is 4.98 Å². The predicted octanol–water partition coefficient (Wildman–Crippen LogP) is 4.51. The first-order valence-electron chi connectivity index (χ1n) is 7.42. The number of hydrogen-bond acceptors (Lipinski definition) is 2. The molecule has 2 rings (SSSR count). The average molecular weight is 268 g/mol. The van der Waals surface area contributed by atoms with E-state index in [9.17, 15) is 0 Å². The fourth-order valence-corrected chi connectivity index (χ4v) is 2.18. The van der Waals surface area contributed by atoms with Crippen LogP contribution in [0.2, 0.25) is 0 Å². The van der Waals surface area contributed by atoms with Gasteiger partial charge < -0.3 is 4.90 Å². The summed E-state index contributed by atoms with van der Waals surface area (Å²) in [5.41, 5.74) is 3.86. The normalized spacial score (nSPS) is 10.6. The van der Waals surface area contributed by atoms with Gasteiger partial charge >= 0.3 is 0 Å². The monoisotopic (exact) mass is 268 g/mol. The van der Waals surface area contributed by atoms with Crippen molar-refractivity contribution in [3.05, 3.63) is 59.3 Å². The zero-order valence-electron chi connectivity index (χ0n) is 12.8. The third-order valence-electron chi connectivity index (χ3n) is 3.50. The maximum absolute atomic E-state index is 4.57. The predicted molar refractivity (Wildman–Crippen MR) is 86.1 cm³/mol. The Kier molecular flexibility index (Phi) is 5.16. The van der Waals surface area contributed by atoms with Crippen molar-refractivity contribution in [2.24, 2.45) is 0 Å². The summed E-state index contributed by atoms with van der Waals surface area (Å²) in [6.07, 6.45) is 4.35. The minimum atomic E-state index is 0.927. The van der Waals surface area contributed by atoms with Gasteiger partial charge in [0.15, 0.2) is 0 Å². The lowest BCUT2D eigenvalue weighted by molar-refractivity contribution is 0.707. The van der Waals surface area contributed by atoms with Crippen LogP contribution in [0.1, 0.15) is 36.5 Å². The average Bonchev–Trinajstić information content (AvgIpc) is 2.46. The Morgan fingerprint density at radius 1 is 0.950 bits per heavy atom. The first-order valence-corrected chi connectivity index (χ1v) is 7.42. The Labute approximate surface area is 122 Å². The Balaban J connectivity index is 2.14. The number of aryl methyl sites for hydroxylation is 2. The highest BCUT2D eigenvalue weighted by Gasteiger charge is 2.08. The second kappa shape index (κ2) is 7.09. The van der Waals surface area contributed by atoms with Crippen molar-refractivity contribution in [1.29, 1.82) is 0 Å². The van der Waals surface area contributed by atoms with Crippen molar-refractivity contribution in [3.8, 4) is 0 Å². The molecule has 106 valence electrons. The summed E-state index contributed by atoms with van der Waals surface area (Å²) in [5.74, 6) is 1.07. The van der Waals surface area contributed by atoms with Gasteiger partial charge in [-0.3, -0.25) is 0 Å². The molecule has 20 heavy (non-hydrogen) atoms. The first-order chi connectivity index (χ1) is 9.69. The smallest absolute Gasteiger partial charge is 0.128 e. The van der Waals surface area contributed by atoms with E-state index >= 15 is 0 Å². The van der Waals surface area contributed by atoms with E-state index < -0.39 is 0 Å². The molecule has 0 saturated carbocycles. The molecule has 0 spiro atoms. The highest BCUT2D eigenvalue weighted by atomic mass is 15.2. The third-order valence-corrected chi connectivity index (χ3v) is 3.50. The highest BCUT2D eigenvalue weighted by Crippen LogP contribution is 2.16. The molecular formula is C18H24N2. The lowest BCUT2D eigenvalue weighted by Crippen LogP contribution is -2.24. The summed E-state index contributed by atoms with van der Waals surface area (Å²) < 4.78 is 0. The van der Waals surface area contributed by atoms with Crippen LogP contribution in [-0.4, -0.2) is 11.5 Å². The number of hydrogen-bond donors (Lipinski definition) is 0. The second-order valence-electron chi connectivity index (χ2n) is 5.45. The largest absolute Gasteiger partial charge is 0.352 e. The van der Waals surface area contributed by atoms with E-state index in [4.69, 9.17) is 0 Å². The van der Waals surface area contributed by atoms with Crippen molar-refractivity contribution in [3.63, 3.8) is 0 Å². The van der Waals surface area contributed by atoms with Crippen LogP contribution in [0.3, 0.4) is 0 Å². The van der Waals surface area contributed by atoms with E-state index in [1.54, 1.807) is 0 Å². The van der Waals surface area contributed by atoms with Crippen molar-refractivity contribution in [2.75, 3.05) is 11.4 Å². The maximum atomic E-state index is 4.57. The molecule has 0 aliphatic heterocycles. The van der Waals surface area contributed by atoms with Gasteiger partial charge in [0.2, 0.25) is 0 Å². The zero-order valence-corrected chi connectivity index (χ0v) is 12.8. The molecule has 0 unspecified atom stereocenters. The van der Waals surface area contributed by atoms with Crippen molar-refractivity contribution >= 4 is 5.82 Å². The fourth-order valence-electron chi connectivity index (χ4n) is 2.18. The van der Waals surface area contributed by atoms with Crippen LogP contribution < -0.4 is 4.90 Å². The minimum Gasteiger partial charge on any atom is -0.352 e. The number of pyridine rings is 1. The quantitative estimate of drug-likeness (QED) is 0.766. The molecule has 0 aliphatic carbocycles. The van der Waals surface area contributed by atoms with Gasteiger partial charge in [-0.1, -0.05) is 49.2 Å². The molecule has 1 aromatic heterocycles. The Hall–Kier alpha value is -1.83. The molecule has 0 aliphatic rings. The van der Waals surface area contributed by atoms with E-state index in [2.05, 4.69) is 67.1 Å². The van der Waals surface area contributed by atoms with Gasteiger partial charge in [-0.25, -0.2) is 4.98 Å². The van der Waals surface area contributed by atoms with Gasteiger partial charge in [-0.2, -0.15) is 0 Å². The van der Waals surface area contributed by atoms with Crippen LogP contribution in [0.4, 0.5) is 5.82 Å². The molecule has 0 atom stereocenters. The number of anilines is 1. The molecule has 0 saturated heterocycles. The summed E-state index contributed by atoms with van der Waals surface area (Å²) in [5, 5.41) is 0. The van der Waals surface area contributed by atoms with E-state index in [1.165, 1.54) is 29.5 Å². The Morgan fingerprint density at radius 2 is 1.65 bits per heavy atom. The standard InChI is InChI=1S/C18H24N2/c1-4-5-12-20(18-11-8-16(3)13-19-18)14-17-9-6-15(2)7-10-17/h6-11,13H,4-5,12,14H2,1-3H3. The van der Waals surface area contributed by atoms with Gasteiger partial charge in [0.05, 0.1) is 0 Å². The summed E-state index contributed by atoms with van der Waals surface area (Å²) in [6.45, 7) is 8.41. The molecule has 2 nitrogen and oxygen atoms in total. The summed E-state index contributed by atoms with van der Waals surface area (Å²) in [4.78, 5) is 6.94. The second-order valence-corrected chi connectivity index (χ2v) is 5.45. The van der Waals surface area contributed by atoms with Gasteiger partial charge in [0.25, 0.3) is 0 Å². The molecule has 1 aromatic carbocycles. The van der Waals surface area contributed by atoms with Crippen LogP contribution in [-0.2, 0) is 6.54 Å². The molecule has 0 radical (unpaired) electrons. The lowest BCUT2D eigenvalue weighted by atomic mass is 10.1. The number of aromatic nitrogens is 1. The fraction of sp³-hybridized carbons (Fsp3) is 0.389. The van der Waals surface area contributed by atoms with Gasteiger partial charge in [-0.05, 0) is 37.5 Å². The highest BCUT2D eigenvalue weighted by molar-refractivity contribution is 5.40. The molecule has 0 fully saturated rings. The Morgan fingerprint density at radius 3 is 2.25 bits per heavy atom. The summed E-state index contributed by atoms with van der Waals surface area (Å²) >= 11 is 0. The molecule has 0 amide bonds. The van der Waals surface area contributed by atoms with E-state index in [0.29, 0.717) is 0 Å². The third kappa shape index (κ3) is 4.09. The lowest BCUT2D eigenvalue weighted by Gasteiger charge is -2.24. The van der Waals surface area contributed by atoms with Crippen LogP contribution in [0, 0.1) is 13.8 Å². The maximum Gasteiger partial charge on any atom is 0.128 e. The summed E-state index contributed by atoms with van der Waals surface area (Å²) in [6, 6.07) is 13.0. The van der Waals surface area contributed by atoms with Crippen LogP contribution >= 0.6 is 0 Å². The Bertz CT molecular complexity index is 514. The number of nitrogens with zero attached hydrogens (tertiary/aromatic N) is 2. The molecule has 0 bridgehead atoms. The van der Waals surface area contributed by atoms with Crippen molar-refractivity contribution < 1.29 is 0 Å². The number of benzene rings is 1. The van der Waals surface area contributed by atoms with Crippen LogP contribution in [0.15, 0.2) is 42.6 Å². The van der Waals surface area contributed by atoms with E-state index in [1.807, 2.05) is 6.20 Å². The topological polar surface area (TPSA) is 16.1 Å². The summed E-state index contributed by atoms with van der Waals surface area (Å²) in [7, 11) is 0. The van der Waals surface area contributed by atoms with Gasteiger partial charge in [0.1, 0.15) is 5.82 Å². The van der Waals surface area contributed by atoms with E-state index in [-0.39, 0.29) is 0 Å². The number of unbranched alkanes of at least 4 members (excludes halogenated alkanes) is 1.